The Morgan fingerprint density at radius 3 is 2.29 bits per heavy atom. The van der Waals surface area contributed by atoms with Gasteiger partial charge in [-0.3, -0.25) is 0 Å². The van der Waals surface area contributed by atoms with E-state index in [-0.39, 0.29) is 0 Å². The average molecular weight is 297 g/mol. The first-order valence-corrected chi connectivity index (χ1v) is 6.54. The van der Waals surface area contributed by atoms with E-state index in [9.17, 15) is 17.6 Å². The highest BCUT2D eigenvalue weighted by molar-refractivity contribution is 5.29. The van der Waals surface area contributed by atoms with Crippen LogP contribution < -0.4 is 5.73 Å². The van der Waals surface area contributed by atoms with Gasteiger partial charge in [0.1, 0.15) is 5.82 Å². The second-order valence-corrected chi connectivity index (χ2v) is 4.87. The smallest absolute Gasteiger partial charge is 0.324 e. The van der Waals surface area contributed by atoms with Crippen molar-refractivity contribution in [1.29, 1.82) is 0 Å². The second-order valence-electron chi connectivity index (χ2n) is 4.87. The molecule has 0 saturated heterocycles. The number of alkyl halides is 3. The van der Waals surface area contributed by atoms with Crippen molar-refractivity contribution in [2.45, 2.75) is 25.1 Å². The van der Waals surface area contributed by atoms with E-state index in [2.05, 4.69) is 0 Å². The molecule has 0 fully saturated rings. The first kappa shape index (κ1) is 15.5. The fraction of sp³-hybridized carbons (Fsp3) is 0.250. The van der Waals surface area contributed by atoms with Gasteiger partial charge in [0.2, 0.25) is 0 Å². The molecule has 0 amide bonds. The molecule has 5 heteroatoms. The average Bonchev–Trinajstić information content (AvgIpc) is 2.45. The van der Waals surface area contributed by atoms with Crippen LogP contribution in [0.5, 0.6) is 0 Å². The van der Waals surface area contributed by atoms with Gasteiger partial charge in [0.15, 0.2) is 0 Å². The lowest BCUT2D eigenvalue weighted by Gasteiger charge is -2.15. The largest absolute Gasteiger partial charge is 0.419 e. The lowest BCUT2D eigenvalue weighted by atomic mass is 9.98. The molecule has 2 rings (SSSR count). The van der Waals surface area contributed by atoms with Crippen LogP contribution in [0.25, 0.3) is 0 Å². The molecular weight excluding hydrogens is 282 g/mol. The normalized spacial score (nSPS) is 13.2. The van der Waals surface area contributed by atoms with Crippen LogP contribution in [0, 0.1) is 5.82 Å². The van der Waals surface area contributed by atoms with Crippen molar-refractivity contribution in [3.05, 3.63) is 71.0 Å². The zero-order valence-corrected chi connectivity index (χ0v) is 11.2. The van der Waals surface area contributed by atoms with Gasteiger partial charge >= 0.3 is 6.18 Å². The molecule has 2 aromatic carbocycles. The molecule has 0 radical (unpaired) electrons. The van der Waals surface area contributed by atoms with Crippen LogP contribution in [0.4, 0.5) is 17.6 Å². The van der Waals surface area contributed by atoms with Crippen molar-refractivity contribution in [3.8, 4) is 0 Å². The fourth-order valence-electron chi connectivity index (χ4n) is 2.12. The van der Waals surface area contributed by atoms with E-state index in [1.165, 1.54) is 6.07 Å². The summed E-state index contributed by atoms with van der Waals surface area (Å²) in [6.45, 7) is 0. The number of benzene rings is 2. The highest BCUT2D eigenvalue weighted by Crippen LogP contribution is 2.33. The minimum atomic E-state index is -4.71. The summed E-state index contributed by atoms with van der Waals surface area (Å²) in [5.41, 5.74) is 6.00. The molecule has 0 aliphatic rings. The van der Waals surface area contributed by atoms with E-state index in [0.29, 0.717) is 18.4 Å². The standard InChI is InChI=1S/C16H15F4N/c17-14-8-7-12(10-13(14)16(18,19)20)15(21)9-6-11-4-2-1-3-5-11/h1-5,7-8,10,15H,6,9,21H2. The van der Waals surface area contributed by atoms with Crippen LogP contribution in [0.1, 0.15) is 29.2 Å². The van der Waals surface area contributed by atoms with Crippen molar-refractivity contribution < 1.29 is 17.6 Å². The molecule has 0 heterocycles. The lowest BCUT2D eigenvalue weighted by molar-refractivity contribution is -0.140. The summed E-state index contributed by atoms with van der Waals surface area (Å²) in [4.78, 5) is 0. The maximum atomic E-state index is 13.2. The Labute approximate surface area is 120 Å². The van der Waals surface area contributed by atoms with Crippen molar-refractivity contribution in [2.75, 3.05) is 0 Å². The van der Waals surface area contributed by atoms with Gasteiger partial charge in [0, 0.05) is 6.04 Å². The maximum absolute atomic E-state index is 13.2. The first-order valence-electron chi connectivity index (χ1n) is 6.54. The molecule has 0 bridgehead atoms. The van der Waals surface area contributed by atoms with Gasteiger partial charge in [0.25, 0.3) is 0 Å². The zero-order valence-electron chi connectivity index (χ0n) is 11.2. The summed E-state index contributed by atoms with van der Waals surface area (Å²) < 4.78 is 51.2. The Morgan fingerprint density at radius 1 is 1.00 bits per heavy atom. The lowest BCUT2D eigenvalue weighted by Crippen LogP contribution is -2.14. The minimum Gasteiger partial charge on any atom is -0.324 e. The van der Waals surface area contributed by atoms with Crippen molar-refractivity contribution in [3.63, 3.8) is 0 Å². The van der Waals surface area contributed by atoms with Crippen LogP contribution in [0.15, 0.2) is 48.5 Å². The Bertz CT molecular complexity index is 593. The van der Waals surface area contributed by atoms with E-state index in [4.69, 9.17) is 5.73 Å². The van der Waals surface area contributed by atoms with Crippen LogP contribution in [-0.4, -0.2) is 0 Å². The Kier molecular flexibility index (Phi) is 4.63. The van der Waals surface area contributed by atoms with Gasteiger partial charge in [0.05, 0.1) is 5.56 Å². The number of hydrogen-bond donors (Lipinski definition) is 1. The molecule has 112 valence electrons. The molecular formula is C16H15F4N. The molecule has 1 unspecified atom stereocenters. The molecule has 0 aliphatic heterocycles. The zero-order chi connectivity index (χ0) is 15.5. The van der Waals surface area contributed by atoms with E-state index in [0.717, 1.165) is 17.7 Å². The topological polar surface area (TPSA) is 26.0 Å². The molecule has 0 spiro atoms. The Hall–Kier alpha value is -1.88. The first-order chi connectivity index (χ1) is 9.88. The Morgan fingerprint density at radius 2 is 1.67 bits per heavy atom. The van der Waals surface area contributed by atoms with Crippen molar-refractivity contribution >= 4 is 0 Å². The SMILES string of the molecule is NC(CCc1ccccc1)c1ccc(F)c(C(F)(F)F)c1. The summed E-state index contributed by atoms with van der Waals surface area (Å²) in [5.74, 6) is -1.28. The van der Waals surface area contributed by atoms with E-state index >= 15 is 0 Å². The third kappa shape index (κ3) is 4.04. The summed E-state index contributed by atoms with van der Waals surface area (Å²) >= 11 is 0. The Balaban J connectivity index is 2.11. The predicted molar refractivity (Wildman–Crippen MR) is 73.1 cm³/mol. The number of aryl methyl sites for hydroxylation is 1. The summed E-state index contributed by atoms with van der Waals surface area (Å²) in [6.07, 6.45) is -3.56. The number of halogens is 4. The summed E-state index contributed by atoms with van der Waals surface area (Å²) in [5, 5.41) is 0. The second kappa shape index (κ2) is 6.26. The minimum absolute atomic E-state index is 0.291. The monoisotopic (exact) mass is 297 g/mol. The fourth-order valence-corrected chi connectivity index (χ4v) is 2.12. The van der Waals surface area contributed by atoms with Gasteiger partial charge in [-0.15, -0.1) is 0 Å². The van der Waals surface area contributed by atoms with Crippen LogP contribution in [-0.2, 0) is 12.6 Å². The predicted octanol–water partition coefficient (Wildman–Crippen LogP) is 4.48. The molecule has 21 heavy (non-hydrogen) atoms. The van der Waals surface area contributed by atoms with E-state index < -0.39 is 23.6 Å². The van der Waals surface area contributed by atoms with Gasteiger partial charge in [-0.2, -0.15) is 13.2 Å². The van der Waals surface area contributed by atoms with Crippen LogP contribution in [0.3, 0.4) is 0 Å². The number of rotatable bonds is 4. The molecule has 0 saturated carbocycles. The van der Waals surface area contributed by atoms with Crippen molar-refractivity contribution in [2.24, 2.45) is 5.73 Å². The third-order valence-electron chi connectivity index (χ3n) is 3.31. The highest BCUT2D eigenvalue weighted by Gasteiger charge is 2.34. The molecule has 1 atom stereocenters. The molecule has 1 nitrogen and oxygen atoms in total. The summed E-state index contributed by atoms with van der Waals surface area (Å²) in [6, 6.07) is 11.9. The van der Waals surface area contributed by atoms with Crippen LogP contribution in [0.2, 0.25) is 0 Å². The van der Waals surface area contributed by atoms with Gasteiger partial charge in [-0.25, -0.2) is 4.39 Å². The third-order valence-corrected chi connectivity index (χ3v) is 3.31. The van der Waals surface area contributed by atoms with E-state index in [1.54, 1.807) is 0 Å². The number of hydrogen-bond acceptors (Lipinski definition) is 1. The van der Waals surface area contributed by atoms with E-state index in [1.807, 2.05) is 30.3 Å². The summed E-state index contributed by atoms with van der Waals surface area (Å²) in [7, 11) is 0. The number of nitrogens with two attached hydrogens (primary N) is 1. The molecule has 0 aliphatic carbocycles. The highest BCUT2D eigenvalue weighted by atomic mass is 19.4. The quantitative estimate of drug-likeness (QED) is 0.827. The maximum Gasteiger partial charge on any atom is 0.419 e. The molecule has 2 N–H and O–H groups in total. The van der Waals surface area contributed by atoms with Gasteiger partial charge < -0.3 is 5.73 Å². The molecule has 2 aromatic rings. The van der Waals surface area contributed by atoms with Crippen molar-refractivity contribution in [1.82, 2.24) is 0 Å². The van der Waals surface area contributed by atoms with Crippen LogP contribution >= 0.6 is 0 Å². The van der Waals surface area contributed by atoms with Gasteiger partial charge in [-0.05, 0) is 36.1 Å². The van der Waals surface area contributed by atoms with Gasteiger partial charge in [-0.1, -0.05) is 36.4 Å². The molecule has 0 aromatic heterocycles.